The summed E-state index contributed by atoms with van der Waals surface area (Å²) in [4.78, 5) is 12.7. The number of benzene rings is 2. The van der Waals surface area contributed by atoms with Crippen molar-refractivity contribution in [1.82, 2.24) is 20.1 Å². The lowest BCUT2D eigenvalue weighted by atomic mass is 10.2. The van der Waals surface area contributed by atoms with Gasteiger partial charge in [-0.25, -0.2) is 0 Å². The topological polar surface area (TPSA) is 91.4 Å². The van der Waals surface area contributed by atoms with Crippen LogP contribution in [-0.4, -0.2) is 46.2 Å². The molecule has 4 aromatic rings. The lowest BCUT2D eigenvalue weighted by molar-refractivity contribution is -0.119. The summed E-state index contributed by atoms with van der Waals surface area (Å²) in [6.07, 6.45) is 2.17. The van der Waals surface area contributed by atoms with Crippen molar-refractivity contribution in [3.05, 3.63) is 60.4 Å². The van der Waals surface area contributed by atoms with Gasteiger partial charge < -0.3 is 19.2 Å². The zero-order chi connectivity index (χ0) is 24.2. The largest absolute Gasteiger partial charge is 0.497 e. The molecular weight excluding hydrogens is 464 g/mol. The van der Waals surface area contributed by atoms with Gasteiger partial charge in [0.15, 0.2) is 11.0 Å². The predicted octanol–water partition coefficient (Wildman–Crippen LogP) is 4.85. The second kappa shape index (κ2) is 10.5. The van der Waals surface area contributed by atoms with Crippen LogP contribution in [0.15, 0.2) is 64.2 Å². The number of hydrogen-bond donors (Lipinski definition) is 1. The van der Waals surface area contributed by atoms with Crippen LogP contribution in [0.2, 0.25) is 0 Å². The second-order valence-electron chi connectivity index (χ2n) is 8.54. The molecule has 9 heteroatoms. The summed E-state index contributed by atoms with van der Waals surface area (Å²) in [5.74, 6) is 2.38. The quantitative estimate of drug-likeness (QED) is 0.334. The van der Waals surface area contributed by atoms with E-state index < -0.39 is 0 Å². The Balaban J connectivity index is 1.28. The van der Waals surface area contributed by atoms with Gasteiger partial charge in [-0.15, -0.1) is 10.2 Å². The molecule has 0 saturated carbocycles. The maximum absolute atomic E-state index is 12.7. The third-order valence-corrected chi connectivity index (χ3v) is 7.02. The molecular formula is C26H28N4O4S. The molecule has 2 atom stereocenters. The van der Waals surface area contributed by atoms with E-state index in [0.29, 0.717) is 11.7 Å². The molecule has 0 spiro atoms. The third kappa shape index (κ3) is 5.36. The van der Waals surface area contributed by atoms with Crippen LogP contribution in [0.3, 0.4) is 0 Å². The molecule has 0 aliphatic carbocycles. The first kappa shape index (κ1) is 23.4. The fraction of sp³-hybridized carbons (Fsp3) is 0.346. The average molecular weight is 493 g/mol. The van der Waals surface area contributed by atoms with Crippen molar-refractivity contribution in [1.29, 1.82) is 0 Å². The Hall–Kier alpha value is -3.30. The number of aromatic nitrogens is 3. The molecule has 1 aliphatic rings. The highest BCUT2D eigenvalue weighted by molar-refractivity contribution is 7.99. The van der Waals surface area contributed by atoms with Gasteiger partial charge in [-0.05, 0) is 56.2 Å². The standard InChI is InChI=1S/C26H28N4O4S/c1-17(23-14-19-6-3-4-8-22(19)34-23)27-24(31)16-35-26-29-28-25(18-9-11-20(32-2)12-10-18)30(26)15-21-7-5-13-33-21/h3-4,6,8-12,14,17,21H,5,7,13,15-16H2,1-2H3,(H,27,31)/t17-,21+/m1/s1. The number of methoxy groups -OCH3 is 1. The Morgan fingerprint density at radius 3 is 2.80 bits per heavy atom. The van der Waals surface area contributed by atoms with Crippen molar-refractivity contribution in [2.24, 2.45) is 0 Å². The van der Waals surface area contributed by atoms with E-state index in [1.165, 1.54) is 11.8 Å². The van der Waals surface area contributed by atoms with Gasteiger partial charge in [-0.2, -0.15) is 0 Å². The first-order chi connectivity index (χ1) is 17.1. The number of thioether (sulfide) groups is 1. The lowest BCUT2D eigenvalue weighted by Crippen LogP contribution is -2.28. The summed E-state index contributed by atoms with van der Waals surface area (Å²) in [7, 11) is 1.64. The van der Waals surface area contributed by atoms with Gasteiger partial charge in [0.1, 0.15) is 17.1 Å². The van der Waals surface area contributed by atoms with Crippen LogP contribution < -0.4 is 10.1 Å². The van der Waals surface area contributed by atoms with E-state index in [-0.39, 0.29) is 23.8 Å². The van der Waals surface area contributed by atoms with Crippen molar-refractivity contribution in [2.45, 2.75) is 43.6 Å². The monoisotopic (exact) mass is 492 g/mol. The second-order valence-corrected chi connectivity index (χ2v) is 9.49. The Kier molecular flexibility index (Phi) is 7.06. The molecule has 3 heterocycles. The summed E-state index contributed by atoms with van der Waals surface area (Å²) in [5.41, 5.74) is 1.75. The summed E-state index contributed by atoms with van der Waals surface area (Å²) >= 11 is 1.37. The number of carbonyl (C=O) groups excluding carboxylic acids is 1. The third-order valence-electron chi connectivity index (χ3n) is 6.06. The van der Waals surface area contributed by atoms with E-state index in [1.807, 2.05) is 61.5 Å². The number of amides is 1. The number of rotatable bonds is 9. The number of furan rings is 1. The van der Waals surface area contributed by atoms with Gasteiger partial charge in [0.05, 0.1) is 31.6 Å². The molecule has 0 unspecified atom stereocenters. The minimum atomic E-state index is -0.241. The van der Waals surface area contributed by atoms with Crippen molar-refractivity contribution in [3.8, 4) is 17.1 Å². The Morgan fingerprint density at radius 2 is 2.06 bits per heavy atom. The van der Waals surface area contributed by atoms with E-state index in [9.17, 15) is 4.79 Å². The van der Waals surface area contributed by atoms with E-state index >= 15 is 0 Å². The lowest BCUT2D eigenvalue weighted by Gasteiger charge is -2.15. The zero-order valence-corrected chi connectivity index (χ0v) is 20.6. The Labute approximate surface area is 208 Å². The molecule has 2 aromatic heterocycles. The number of fused-ring (bicyclic) bond motifs is 1. The highest BCUT2D eigenvalue weighted by atomic mass is 32.2. The average Bonchev–Trinajstić information content (AvgIpc) is 3.63. The van der Waals surface area contributed by atoms with Gasteiger partial charge >= 0.3 is 0 Å². The number of carbonyl (C=O) groups is 1. The Morgan fingerprint density at radius 1 is 1.23 bits per heavy atom. The normalized spacial score (nSPS) is 16.5. The molecule has 1 fully saturated rings. The zero-order valence-electron chi connectivity index (χ0n) is 19.8. The highest BCUT2D eigenvalue weighted by Gasteiger charge is 2.23. The van der Waals surface area contributed by atoms with E-state index in [1.54, 1.807) is 7.11 Å². The number of nitrogens with one attached hydrogen (secondary N) is 1. The summed E-state index contributed by atoms with van der Waals surface area (Å²) in [5, 5.41) is 13.6. The fourth-order valence-electron chi connectivity index (χ4n) is 4.21. The number of ether oxygens (including phenoxy) is 2. The summed E-state index contributed by atoms with van der Waals surface area (Å²) < 4.78 is 19.1. The van der Waals surface area contributed by atoms with Crippen molar-refractivity contribution < 1.29 is 18.7 Å². The number of para-hydroxylation sites is 1. The molecule has 5 rings (SSSR count). The van der Waals surface area contributed by atoms with Crippen LogP contribution >= 0.6 is 11.8 Å². The molecule has 8 nitrogen and oxygen atoms in total. The maximum Gasteiger partial charge on any atom is 0.231 e. The summed E-state index contributed by atoms with van der Waals surface area (Å²) in [6, 6.07) is 17.3. The molecule has 2 aromatic carbocycles. The van der Waals surface area contributed by atoms with Crippen molar-refractivity contribution in [3.63, 3.8) is 0 Å². The van der Waals surface area contributed by atoms with Crippen LogP contribution in [0, 0.1) is 0 Å². The van der Waals surface area contributed by atoms with E-state index in [0.717, 1.165) is 53.3 Å². The van der Waals surface area contributed by atoms with E-state index in [2.05, 4.69) is 20.1 Å². The fourth-order valence-corrected chi connectivity index (χ4v) is 4.96. The molecule has 35 heavy (non-hydrogen) atoms. The molecule has 1 saturated heterocycles. The minimum Gasteiger partial charge on any atom is -0.497 e. The molecule has 0 radical (unpaired) electrons. The molecule has 0 bridgehead atoms. The number of nitrogens with zero attached hydrogens (tertiary/aromatic N) is 3. The summed E-state index contributed by atoms with van der Waals surface area (Å²) in [6.45, 7) is 3.34. The molecule has 1 N–H and O–H groups in total. The number of hydrogen-bond acceptors (Lipinski definition) is 7. The van der Waals surface area contributed by atoms with E-state index in [4.69, 9.17) is 13.9 Å². The first-order valence-electron chi connectivity index (χ1n) is 11.7. The van der Waals surface area contributed by atoms with Crippen LogP contribution in [0.4, 0.5) is 0 Å². The van der Waals surface area contributed by atoms with Crippen LogP contribution in [0.25, 0.3) is 22.4 Å². The van der Waals surface area contributed by atoms with Crippen LogP contribution in [0.1, 0.15) is 31.6 Å². The smallest absolute Gasteiger partial charge is 0.231 e. The molecule has 182 valence electrons. The highest BCUT2D eigenvalue weighted by Crippen LogP contribution is 2.28. The van der Waals surface area contributed by atoms with Gasteiger partial charge in [0.2, 0.25) is 5.91 Å². The van der Waals surface area contributed by atoms with Crippen molar-refractivity contribution in [2.75, 3.05) is 19.5 Å². The maximum atomic E-state index is 12.7. The Bertz CT molecular complexity index is 1260. The first-order valence-corrected chi connectivity index (χ1v) is 12.7. The van der Waals surface area contributed by atoms with Gasteiger partial charge in [0.25, 0.3) is 0 Å². The molecule has 1 aliphatic heterocycles. The van der Waals surface area contributed by atoms with Gasteiger partial charge in [-0.1, -0.05) is 30.0 Å². The SMILES string of the molecule is COc1ccc(-c2nnc(SCC(=O)N[C@H](C)c3cc4ccccc4o3)n2C[C@@H]2CCCO2)cc1. The van der Waals surface area contributed by atoms with Crippen molar-refractivity contribution >= 4 is 28.6 Å². The van der Waals surface area contributed by atoms with Crippen LogP contribution in [0.5, 0.6) is 5.75 Å². The minimum absolute atomic E-state index is 0.0966. The van der Waals surface area contributed by atoms with Gasteiger partial charge in [-0.3, -0.25) is 9.36 Å². The predicted molar refractivity (Wildman–Crippen MR) is 134 cm³/mol. The van der Waals surface area contributed by atoms with Crippen LogP contribution in [-0.2, 0) is 16.1 Å². The molecule has 1 amide bonds. The van der Waals surface area contributed by atoms with Gasteiger partial charge in [0, 0.05) is 17.6 Å².